The molecule has 0 amide bonds. The Balaban J connectivity index is 2.68. The molecule has 110 valence electrons. The quantitative estimate of drug-likeness (QED) is 0.686. The van der Waals surface area contributed by atoms with Gasteiger partial charge in [0.1, 0.15) is 4.90 Å². The van der Waals surface area contributed by atoms with Gasteiger partial charge in [0.25, 0.3) is 0 Å². The molecule has 1 rings (SSSR count). The Hall–Kier alpha value is -0.920. The second-order valence-electron chi connectivity index (χ2n) is 4.28. The molecule has 0 atom stereocenters. The molecular weight excluding hydrogens is 264 g/mol. The minimum Gasteiger partial charge on any atom is -0.315 e. The SMILES string of the molecule is CCCNCCn1cc(S(=O)(=O)N(CC)CC)cn1. The summed E-state index contributed by atoms with van der Waals surface area (Å²) in [6.45, 7) is 9.15. The van der Waals surface area contributed by atoms with E-state index < -0.39 is 10.0 Å². The Morgan fingerprint density at radius 3 is 2.53 bits per heavy atom. The van der Waals surface area contributed by atoms with Gasteiger partial charge < -0.3 is 5.32 Å². The Morgan fingerprint density at radius 1 is 1.26 bits per heavy atom. The molecule has 0 saturated heterocycles. The maximum Gasteiger partial charge on any atom is 0.246 e. The summed E-state index contributed by atoms with van der Waals surface area (Å²) in [6, 6.07) is 0. The van der Waals surface area contributed by atoms with E-state index in [0.29, 0.717) is 19.6 Å². The van der Waals surface area contributed by atoms with E-state index in [1.807, 2.05) is 13.8 Å². The highest BCUT2D eigenvalue weighted by molar-refractivity contribution is 7.89. The van der Waals surface area contributed by atoms with Crippen molar-refractivity contribution >= 4 is 10.0 Å². The molecule has 1 aromatic rings. The molecule has 0 radical (unpaired) electrons. The molecule has 1 aromatic heterocycles. The summed E-state index contributed by atoms with van der Waals surface area (Å²) in [5, 5.41) is 7.36. The van der Waals surface area contributed by atoms with Crippen LogP contribution in [0.1, 0.15) is 27.2 Å². The zero-order chi connectivity index (χ0) is 14.3. The molecule has 0 bridgehead atoms. The average Bonchev–Trinajstić information content (AvgIpc) is 2.85. The van der Waals surface area contributed by atoms with Gasteiger partial charge in [0.05, 0.1) is 12.7 Å². The van der Waals surface area contributed by atoms with Crippen molar-refractivity contribution in [2.45, 2.75) is 38.6 Å². The lowest BCUT2D eigenvalue weighted by molar-refractivity contribution is 0.445. The third-order valence-electron chi connectivity index (χ3n) is 2.90. The molecule has 1 N–H and O–H groups in total. The molecule has 0 unspecified atom stereocenters. The fraction of sp³-hybridized carbons (Fsp3) is 0.750. The molecule has 19 heavy (non-hydrogen) atoms. The zero-order valence-corrected chi connectivity index (χ0v) is 12.8. The van der Waals surface area contributed by atoms with Crippen LogP contribution in [0.2, 0.25) is 0 Å². The number of hydrogen-bond donors (Lipinski definition) is 1. The molecule has 0 fully saturated rings. The van der Waals surface area contributed by atoms with Crippen LogP contribution in [0.5, 0.6) is 0 Å². The Morgan fingerprint density at radius 2 is 1.95 bits per heavy atom. The van der Waals surface area contributed by atoms with E-state index in [1.54, 1.807) is 10.9 Å². The van der Waals surface area contributed by atoms with E-state index in [-0.39, 0.29) is 4.90 Å². The van der Waals surface area contributed by atoms with E-state index in [0.717, 1.165) is 19.5 Å². The van der Waals surface area contributed by atoms with Crippen molar-refractivity contribution in [1.29, 1.82) is 0 Å². The smallest absolute Gasteiger partial charge is 0.246 e. The molecule has 0 aliphatic carbocycles. The van der Waals surface area contributed by atoms with Crippen molar-refractivity contribution in [2.75, 3.05) is 26.2 Å². The fourth-order valence-corrected chi connectivity index (χ4v) is 3.22. The second kappa shape index (κ2) is 7.62. The summed E-state index contributed by atoms with van der Waals surface area (Å²) in [6.07, 6.45) is 4.11. The lowest BCUT2D eigenvalue weighted by atomic mass is 10.5. The van der Waals surface area contributed by atoms with E-state index in [1.165, 1.54) is 10.5 Å². The van der Waals surface area contributed by atoms with E-state index in [2.05, 4.69) is 17.3 Å². The maximum absolute atomic E-state index is 12.2. The molecule has 0 saturated carbocycles. The van der Waals surface area contributed by atoms with E-state index in [9.17, 15) is 8.42 Å². The van der Waals surface area contributed by atoms with Crippen LogP contribution >= 0.6 is 0 Å². The van der Waals surface area contributed by atoms with Crippen LogP contribution in [-0.4, -0.2) is 48.7 Å². The monoisotopic (exact) mass is 288 g/mol. The highest BCUT2D eigenvalue weighted by atomic mass is 32.2. The molecule has 0 aliphatic rings. The van der Waals surface area contributed by atoms with Crippen molar-refractivity contribution in [3.05, 3.63) is 12.4 Å². The molecule has 7 heteroatoms. The lowest BCUT2D eigenvalue weighted by Gasteiger charge is -2.16. The third kappa shape index (κ3) is 4.29. The highest BCUT2D eigenvalue weighted by Crippen LogP contribution is 2.13. The van der Waals surface area contributed by atoms with Gasteiger partial charge in [0.2, 0.25) is 10.0 Å². The normalized spacial score (nSPS) is 12.2. The van der Waals surface area contributed by atoms with Gasteiger partial charge in [0, 0.05) is 25.8 Å². The average molecular weight is 288 g/mol. The fourth-order valence-electron chi connectivity index (χ4n) is 1.81. The van der Waals surface area contributed by atoms with Gasteiger partial charge in [-0.2, -0.15) is 9.40 Å². The van der Waals surface area contributed by atoms with Crippen molar-refractivity contribution in [3.63, 3.8) is 0 Å². The highest BCUT2D eigenvalue weighted by Gasteiger charge is 2.22. The van der Waals surface area contributed by atoms with Gasteiger partial charge in [-0.15, -0.1) is 0 Å². The summed E-state index contributed by atoms with van der Waals surface area (Å²) < 4.78 is 27.6. The van der Waals surface area contributed by atoms with Crippen LogP contribution in [0.4, 0.5) is 0 Å². The number of nitrogens with zero attached hydrogens (tertiary/aromatic N) is 3. The number of nitrogens with one attached hydrogen (secondary N) is 1. The van der Waals surface area contributed by atoms with Gasteiger partial charge in [-0.25, -0.2) is 8.42 Å². The Kier molecular flexibility index (Phi) is 6.47. The number of rotatable bonds is 9. The van der Waals surface area contributed by atoms with Crippen molar-refractivity contribution in [2.24, 2.45) is 0 Å². The maximum atomic E-state index is 12.2. The first kappa shape index (κ1) is 16.1. The van der Waals surface area contributed by atoms with Crippen molar-refractivity contribution < 1.29 is 8.42 Å². The van der Waals surface area contributed by atoms with Crippen LogP contribution < -0.4 is 5.32 Å². The van der Waals surface area contributed by atoms with Gasteiger partial charge in [-0.3, -0.25) is 4.68 Å². The summed E-state index contributed by atoms with van der Waals surface area (Å²) >= 11 is 0. The first-order valence-electron chi connectivity index (χ1n) is 6.79. The van der Waals surface area contributed by atoms with Gasteiger partial charge in [-0.1, -0.05) is 20.8 Å². The summed E-state index contributed by atoms with van der Waals surface area (Å²) in [7, 11) is -3.39. The van der Waals surface area contributed by atoms with E-state index >= 15 is 0 Å². The topological polar surface area (TPSA) is 67.2 Å². The lowest BCUT2D eigenvalue weighted by Crippen LogP contribution is -2.30. The van der Waals surface area contributed by atoms with Crippen molar-refractivity contribution in [3.8, 4) is 0 Å². The van der Waals surface area contributed by atoms with Gasteiger partial charge in [-0.05, 0) is 13.0 Å². The van der Waals surface area contributed by atoms with Gasteiger partial charge >= 0.3 is 0 Å². The standard InChI is InChI=1S/C12H24N4O2S/c1-4-7-13-8-9-15-11-12(10-14-15)19(17,18)16(5-2)6-3/h10-11,13H,4-9H2,1-3H3. The number of aromatic nitrogens is 2. The minimum absolute atomic E-state index is 0.270. The number of sulfonamides is 1. The molecule has 0 aromatic carbocycles. The van der Waals surface area contributed by atoms with Crippen LogP contribution in [0.15, 0.2) is 17.3 Å². The van der Waals surface area contributed by atoms with Crippen molar-refractivity contribution in [1.82, 2.24) is 19.4 Å². The third-order valence-corrected chi connectivity index (χ3v) is 4.90. The van der Waals surface area contributed by atoms with Gasteiger partial charge in [0.15, 0.2) is 0 Å². The summed E-state index contributed by atoms with van der Waals surface area (Å²) in [4.78, 5) is 0.270. The summed E-state index contributed by atoms with van der Waals surface area (Å²) in [5.74, 6) is 0. The molecule has 6 nitrogen and oxygen atoms in total. The molecule has 0 spiro atoms. The first-order valence-corrected chi connectivity index (χ1v) is 8.23. The molecule has 0 aliphatic heterocycles. The first-order chi connectivity index (χ1) is 9.06. The van der Waals surface area contributed by atoms with Crippen LogP contribution in [-0.2, 0) is 16.6 Å². The minimum atomic E-state index is -3.39. The Labute approximate surface area is 115 Å². The van der Waals surface area contributed by atoms with E-state index in [4.69, 9.17) is 0 Å². The van der Waals surface area contributed by atoms with Crippen LogP contribution in [0.25, 0.3) is 0 Å². The van der Waals surface area contributed by atoms with Crippen LogP contribution in [0.3, 0.4) is 0 Å². The second-order valence-corrected chi connectivity index (χ2v) is 6.22. The number of hydrogen-bond acceptors (Lipinski definition) is 4. The predicted octanol–water partition coefficient (Wildman–Crippen LogP) is 0.913. The predicted molar refractivity (Wildman–Crippen MR) is 75.5 cm³/mol. The zero-order valence-electron chi connectivity index (χ0n) is 12.0. The molecule has 1 heterocycles. The van der Waals surface area contributed by atoms with Crippen LogP contribution in [0, 0.1) is 0 Å². The Bertz CT molecular complexity index is 466. The molecular formula is C12H24N4O2S. The summed E-state index contributed by atoms with van der Waals surface area (Å²) in [5.41, 5.74) is 0. The largest absolute Gasteiger partial charge is 0.315 e.